The highest BCUT2D eigenvalue weighted by Gasteiger charge is 2.10. The third-order valence-electron chi connectivity index (χ3n) is 2.91. The smallest absolute Gasteiger partial charge is 0.100 e. The number of anilines is 1. The first-order valence-electron chi connectivity index (χ1n) is 5.81. The van der Waals surface area contributed by atoms with Gasteiger partial charge in [-0.05, 0) is 50.5 Å². The average molecular weight is 237 g/mol. The summed E-state index contributed by atoms with van der Waals surface area (Å²) >= 11 is 5.90. The maximum Gasteiger partial charge on any atom is 0.100 e. The van der Waals surface area contributed by atoms with Crippen molar-refractivity contribution in [3.05, 3.63) is 29.3 Å². The molecule has 0 aromatic heterocycles. The fourth-order valence-corrected chi connectivity index (χ4v) is 2.11. The second-order valence-corrected chi connectivity index (χ2v) is 4.55. The van der Waals surface area contributed by atoms with E-state index in [0.29, 0.717) is 0 Å². The van der Waals surface area contributed by atoms with Crippen LogP contribution in [0.3, 0.4) is 0 Å². The lowest BCUT2D eigenvalue weighted by atomic mass is 10.2. The van der Waals surface area contributed by atoms with E-state index in [-0.39, 0.29) is 0 Å². The number of amidine groups is 1. The van der Waals surface area contributed by atoms with Crippen molar-refractivity contribution < 1.29 is 0 Å². The van der Waals surface area contributed by atoms with Crippen molar-refractivity contribution in [2.24, 2.45) is 4.99 Å². The number of halogens is 1. The van der Waals surface area contributed by atoms with Crippen LogP contribution in [0.15, 0.2) is 29.3 Å². The third kappa shape index (κ3) is 2.76. The maximum atomic E-state index is 5.90. The SMILES string of the molecule is CC1=NCCCCCN1c1ccc(Cl)cc1. The molecule has 0 amide bonds. The Hall–Kier alpha value is -1.02. The van der Waals surface area contributed by atoms with Gasteiger partial charge < -0.3 is 4.90 Å². The molecule has 2 rings (SSSR count). The highest BCUT2D eigenvalue weighted by Crippen LogP contribution is 2.20. The standard InChI is InChI=1S/C13H17ClN2/c1-11-15-9-3-2-4-10-16(11)13-7-5-12(14)6-8-13/h5-8H,2-4,9-10H2,1H3. The summed E-state index contributed by atoms with van der Waals surface area (Å²) in [5, 5.41) is 0.783. The molecule has 16 heavy (non-hydrogen) atoms. The summed E-state index contributed by atoms with van der Waals surface area (Å²) in [6.45, 7) is 4.09. The minimum Gasteiger partial charge on any atom is -0.330 e. The molecule has 0 atom stereocenters. The highest BCUT2D eigenvalue weighted by molar-refractivity contribution is 6.30. The van der Waals surface area contributed by atoms with Crippen molar-refractivity contribution in [3.63, 3.8) is 0 Å². The first-order chi connectivity index (χ1) is 7.77. The van der Waals surface area contributed by atoms with E-state index < -0.39 is 0 Å². The molecule has 86 valence electrons. The van der Waals surface area contributed by atoms with Crippen molar-refractivity contribution in [1.82, 2.24) is 0 Å². The molecular weight excluding hydrogens is 220 g/mol. The lowest BCUT2D eigenvalue weighted by molar-refractivity contribution is 0.675. The zero-order chi connectivity index (χ0) is 11.4. The largest absolute Gasteiger partial charge is 0.330 e. The van der Waals surface area contributed by atoms with Crippen molar-refractivity contribution >= 4 is 23.1 Å². The zero-order valence-corrected chi connectivity index (χ0v) is 10.4. The van der Waals surface area contributed by atoms with Gasteiger partial charge in [0.25, 0.3) is 0 Å². The molecule has 2 nitrogen and oxygen atoms in total. The number of benzene rings is 1. The number of hydrogen-bond acceptors (Lipinski definition) is 2. The van der Waals surface area contributed by atoms with Gasteiger partial charge in [-0.3, -0.25) is 4.99 Å². The van der Waals surface area contributed by atoms with Gasteiger partial charge in [0.05, 0.1) is 0 Å². The second kappa shape index (κ2) is 5.35. The van der Waals surface area contributed by atoms with Gasteiger partial charge in [-0.2, -0.15) is 0 Å². The molecule has 0 saturated carbocycles. The number of nitrogens with zero attached hydrogens (tertiary/aromatic N) is 2. The molecule has 1 aromatic carbocycles. The summed E-state index contributed by atoms with van der Waals surface area (Å²) in [5.74, 6) is 1.11. The van der Waals surface area contributed by atoms with E-state index in [1.165, 1.54) is 24.9 Å². The van der Waals surface area contributed by atoms with Crippen LogP contribution in [0.25, 0.3) is 0 Å². The Bertz CT molecular complexity index is 370. The highest BCUT2D eigenvalue weighted by atomic mass is 35.5. The second-order valence-electron chi connectivity index (χ2n) is 4.12. The molecule has 0 saturated heterocycles. The summed E-state index contributed by atoms with van der Waals surface area (Å²) in [4.78, 5) is 6.85. The Morgan fingerprint density at radius 1 is 1.12 bits per heavy atom. The van der Waals surface area contributed by atoms with Gasteiger partial charge in [0.2, 0.25) is 0 Å². The van der Waals surface area contributed by atoms with Crippen molar-refractivity contribution in [2.45, 2.75) is 26.2 Å². The Labute approximate surface area is 102 Å². The predicted molar refractivity (Wildman–Crippen MR) is 70.6 cm³/mol. The maximum absolute atomic E-state index is 5.90. The van der Waals surface area contributed by atoms with E-state index in [0.717, 1.165) is 23.9 Å². The lowest BCUT2D eigenvalue weighted by Gasteiger charge is -2.26. The molecule has 0 spiro atoms. The third-order valence-corrected chi connectivity index (χ3v) is 3.16. The van der Waals surface area contributed by atoms with Gasteiger partial charge in [-0.15, -0.1) is 0 Å². The molecule has 0 aliphatic carbocycles. The van der Waals surface area contributed by atoms with Crippen LogP contribution >= 0.6 is 11.6 Å². The van der Waals surface area contributed by atoms with Gasteiger partial charge in [0.15, 0.2) is 0 Å². The van der Waals surface area contributed by atoms with E-state index in [2.05, 4.69) is 28.9 Å². The van der Waals surface area contributed by atoms with Crippen molar-refractivity contribution in [3.8, 4) is 0 Å². The summed E-state index contributed by atoms with van der Waals surface area (Å²) < 4.78 is 0. The van der Waals surface area contributed by atoms with Crippen molar-refractivity contribution in [1.29, 1.82) is 0 Å². The molecule has 0 radical (unpaired) electrons. The van der Waals surface area contributed by atoms with Crippen LogP contribution in [0.5, 0.6) is 0 Å². The number of hydrogen-bond donors (Lipinski definition) is 0. The molecule has 0 fully saturated rings. The monoisotopic (exact) mass is 236 g/mol. The zero-order valence-electron chi connectivity index (χ0n) is 9.62. The van der Waals surface area contributed by atoms with E-state index in [4.69, 9.17) is 11.6 Å². The fourth-order valence-electron chi connectivity index (χ4n) is 1.98. The minimum absolute atomic E-state index is 0.783. The molecule has 0 N–H and O–H groups in total. The normalized spacial score (nSPS) is 17.6. The van der Waals surface area contributed by atoms with Crippen LogP contribution in [0.1, 0.15) is 26.2 Å². The van der Waals surface area contributed by atoms with Gasteiger partial charge in [0.1, 0.15) is 5.84 Å². The predicted octanol–water partition coefficient (Wildman–Crippen LogP) is 3.75. The van der Waals surface area contributed by atoms with E-state index in [1.54, 1.807) is 0 Å². The summed E-state index contributed by atoms with van der Waals surface area (Å²) in [5.41, 5.74) is 1.19. The topological polar surface area (TPSA) is 15.6 Å². The molecule has 0 bridgehead atoms. The quantitative estimate of drug-likeness (QED) is 0.725. The molecule has 1 aliphatic heterocycles. The number of aliphatic imine (C=N–C) groups is 1. The van der Waals surface area contributed by atoms with Crippen molar-refractivity contribution in [2.75, 3.05) is 18.0 Å². The van der Waals surface area contributed by atoms with Crippen LogP contribution in [-0.4, -0.2) is 18.9 Å². The van der Waals surface area contributed by atoms with Crippen LogP contribution in [0, 0.1) is 0 Å². The first-order valence-corrected chi connectivity index (χ1v) is 6.19. The lowest BCUT2D eigenvalue weighted by Crippen LogP contribution is -2.31. The molecular formula is C13H17ClN2. The van der Waals surface area contributed by atoms with Crippen LogP contribution < -0.4 is 4.90 Å². The molecule has 1 aliphatic rings. The average Bonchev–Trinajstić information content (AvgIpc) is 2.26. The molecule has 1 aromatic rings. The number of rotatable bonds is 1. The van der Waals surface area contributed by atoms with E-state index in [9.17, 15) is 0 Å². The van der Waals surface area contributed by atoms with E-state index >= 15 is 0 Å². The van der Waals surface area contributed by atoms with Gasteiger partial charge in [-0.1, -0.05) is 11.6 Å². The Kier molecular flexibility index (Phi) is 3.83. The van der Waals surface area contributed by atoms with Gasteiger partial charge in [-0.25, -0.2) is 0 Å². The van der Waals surface area contributed by atoms with Gasteiger partial charge >= 0.3 is 0 Å². The Morgan fingerprint density at radius 3 is 2.62 bits per heavy atom. The fraction of sp³-hybridized carbons (Fsp3) is 0.462. The molecule has 1 heterocycles. The van der Waals surface area contributed by atoms with Crippen LogP contribution in [-0.2, 0) is 0 Å². The van der Waals surface area contributed by atoms with Gasteiger partial charge in [0, 0.05) is 23.8 Å². The van der Waals surface area contributed by atoms with Crippen LogP contribution in [0.4, 0.5) is 5.69 Å². The summed E-state index contributed by atoms with van der Waals surface area (Å²) in [7, 11) is 0. The summed E-state index contributed by atoms with van der Waals surface area (Å²) in [6.07, 6.45) is 3.71. The Morgan fingerprint density at radius 2 is 1.88 bits per heavy atom. The Balaban J connectivity index is 2.22. The minimum atomic E-state index is 0.783. The van der Waals surface area contributed by atoms with E-state index in [1.807, 2.05) is 12.1 Å². The summed E-state index contributed by atoms with van der Waals surface area (Å²) in [6, 6.07) is 7.98. The van der Waals surface area contributed by atoms with Crippen LogP contribution in [0.2, 0.25) is 5.02 Å². The molecule has 3 heteroatoms. The first kappa shape index (κ1) is 11.5. The molecule has 0 unspecified atom stereocenters.